The second-order valence-corrected chi connectivity index (χ2v) is 9.55. The zero-order valence-electron chi connectivity index (χ0n) is 18.9. The van der Waals surface area contributed by atoms with Crippen LogP contribution in [-0.4, -0.2) is 73.1 Å². The Kier molecular flexibility index (Phi) is 7.91. The zero-order valence-corrected chi connectivity index (χ0v) is 20.5. The lowest BCUT2D eigenvalue weighted by Crippen LogP contribution is -2.48. The summed E-state index contributed by atoms with van der Waals surface area (Å²) in [7, 11) is 3.12. The average molecular weight is 504 g/mol. The van der Waals surface area contributed by atoms with E-state index in [0.29, 0.717) is 55.5 Å². The van der Waals surface area contributed by atoms with Crippen molar-refractivity contribution in [2.75, 3.05) is 51.1 Å². The van der Waals surface area contributed by atoms with Crippen molar-refractivity contribution in [2.45, 2.75) is 10.9 Å². The molecule has 0 aliphatic carbocycles. The van der Waals surface area contributed by atoms with Crippen molar-refractivity contribution in [1.82, 2.24) is 20.4 Å². The number of carbonyl (C=O) groups excluding carboxylic acids is 2. The van der Waals surface area contributed by atoms with Crippen molar-refractivity contribution in [3.63, 3.8) is 0 Å². The van der Waals surface area contributed by atoms with Crippen molar-refractivity contribution in [3.8, 4) is 11.5 Å². The molecule has 2 aromatic heterocycles. The minimum atomic E-state index is -0.0977. The van der Waals surface area contributed by atoms with Crippen LogP contribution in [0.3, 0.4) is 0 Å². The Morgan fingerprint density at radius 2 is 1.85 bits per heavy atom. The fraction of sp³-hybridized carbons (Fsp3) is 0.364. The van der Waals surface area contributed by atoms with E-state index in [0.717, 1.165) is 9.47 Å². The van der Waals surface area contributed by atoms with Crippen LogP contribution in [0.15, 0.2) is 45.4 Å². The standard InChI is InChI=1S/C22H25N5O5S2/c1-30-17-10-15(11-18(12-17)31-2)20(29)26-5-7-27(8-6-26)21-24-25-22(34-21)33-14-19(28)23-13-16-4-3-9-32-16/h3-4,9-12H,5-8,13-14H2,1-2H3,(H,23,28). The molecule has 4 rings (SSSR count). The van der Waals surface area contributed by atoms with Crippen molar-refractivity contribution < 1.29 is 23.5 Å². The summed E-state index contributed by atoms with van der Waals surface area (Å²) in [6.45, 7) is 2.79. The Hall–Kier alpha value is -3.25. The molecule has 0 radical (unpaired) electrons. The molecule has 0 bridgehead atoms. The molecule has 180 valence electrons. The summed E-state index contributed by atoms with van der Waals surface area (Å²) < 4.78 is 16.5. The number of furan rings is 1. The van der Waals surface area contributed by atoms with E-state index in [1.165, 1.54) is 23.1 Å². The fourth-order valence-electron chi connectivity index (χ4n) is 3.38. The van der Waals surface area contributed by atoms with Gasteiger partial charge in [0, 0.05) is 37.8 Å². The van der Waals surface area contributed by atoms with Crippen LogP contribution in [0.5, 0.6) is 11.5 Å². The van der Waals surface area contributed by atoms with Crippen LogP contribution in [0.1, 0.15) is 16.1 Å². The lowest BCUT2D eigenvalue weighted by molar-refractivity contribution is -0.118. The van der Waals surface area contributed by atoms with Gasteiger partial charge < -0.3 is 29.0 Å². The predicted octanol–water partition coefficient (Wildman–Crippen LogP) is 2.52. The quantitative estimate of drug-likeness (QED) is 0.441. The molecule has 1 aliphatic rings. The molecule has 2 amide bonds. The summed E-state index contributed by atoms with van der Waals surface area (Å²) in [5, 5.41) is 12.1. The number of nitrogens with one attached hydrogen (secondary N) is 1. The van der Waals surface area contributed by atoms with E-state index in [1.54, 1.807) is 44.7 Å². The number of hydrogen-bond donors (Lipinski definition) is 1. The van der Waals surface area contributed by atoms with Gasteiger partial charge in [-0.1, -0.05) is 23.1 Å². The van der Waals surface area contributed by atoms with Crippen molar-refractivity contribution in [1.29, 1.82) is 0 Å². The minimum absolute atomic E-state index is 0.0640. The zero-order chi connectivity index (χ0) is 23.9. The van der Waals surface area contributed by atoms with Gasteiger partial charge in [-0.25, -0.2) is 0 Å². The summed E-state index contributed by atoms with van der Waals surface area (Å²) in [6.07, 6.45) is 1.57. The molecule has 1 N–H and O–H groups in total. The maximum atomic E-state index is 13.0. The van der Waals surface area contributed by atoms with Crippen LogP contribution in [-0.2, 0) is 11.3 Å². The summed E-state index contributed by atoms with van der Waals surface area (Å²) >= 11 is 2.79. The van der Waals surface area contributed by atoms with Gasteiger partial charge in [0.1, 0.15) is 17.3 Å². The Bertz CT molecular complexity index is 1090. The molecule has 12 heteroatoms. The van der Waals surface area contributed by atoms with E-state index in [9.17, 15) is 9.59 Å². The van der Waals surface area contributed by atoms with Gasteiger partial charge in [-0.05, 0) is 24.3 Å². The highest BCUT2D eigenvalue weighted by atomic mass is 32.2. The van der Waals surface area contributed by atoms with Gasteiger partial charge in [-0.15, -0.1) is 10.2 Å². The van der Waals surface area contributed by atoms with Crippen LogP contribution >= 0.6 is 23.1 Å². The third-order valence-corrected chi connectivity index (χ3v) is 7.32. The highest BCUT2D eigenvalue weighted by Crippen LogP contribution is 2.29. The first-order chi connectivity index (χ1) is 16.6. The molecule has 1 fully saturated rings. The van der Waals surface area contributed by atoms with E-state index in [1.807, 2.05) is 11.0 Å². The van der Waals surface area contributed by atoms with Crippen LogP contribution in [0.4, 0.5) is 5.13 Å². The van der Waals surface area contributed by atoms with Gasteiger partial charge in [0.05, 0.1) is 32.8 Å². The number of methoxy groups -OCH3 is 2. The molecule has 3 aromatic rings. The van der Waals surface area contributed by atoms with Crippen LogP contribution in [0.25, 0.3) is 0 Å². The molecule has 1 aliphatic heterocycles. The Morgan fingerprint density at radius 1 is 1.12 bits per heavy atom. The van der Waals surface area contributed by atoms with Crippen LogP contribution in [0.2, 0.25) is 0 Å². The number of ether oxygens (including phenoxy) is 2. The topological polar surface area (TPSA) is 110 Å². The van der Waals surface area contributed by atoms with E-state index < -0.39 is 0 Å². The van der Waals surface area contributed by atoms with Gasteiger partial charge in [-0.2, -0.15) is 0 Å². The second-order valence-electron chi connectivity index (χ2n) is 7.38. The molecule has 1 aromatic carbocycles. The second kappa shape index (κ2) is 11.3. The lowest BCUT2D eigenvalue weighted by Gasteiger charge is -2.34. The smallest absolute Gasteiger partial charge is 0.254 e. The summed E-state index contributed by atoms with van der Waals surface area (Å²) in [5.41, 5.74) is 0.532. The monoisotopic (exact) mass is 503 g/mol. The van der Waals surface area contributed by atoms with Gasteiger partial charge in [0.15, 0.2) is 4.34 Å². The maximum Gasteiger partial charge on any atom is 0.254 e. The molecule has 0 spiro atoms. The number of anilines is 1. The van der Waals surface area contributed by atoms with E-state index in [4.69, 9.17) is 13.9 Å². The molecule has 10 nitrogen and oxygen atoms in total. The minimum Gasteiger partial charge on any atom is -0.497 e. The van der Waals surface area contributed by atoms with Crippen molar-refractivity contribution >= 4 is 40.0 Å². The number of piperazine rings is 1. The summed E-state index contributed by atoms with van der Waals surface area (Å²) in [5.74, 6) is 1.96. The number of thioether (sulfide) groups is 1. The highest BCUT2D eigenvalue weighted by Gasteiger charge is 2.25. The predicted molar refractivity (Wildman–Crippen MR) is 129 cm³/mol. The first kappa shape index (κ1) is 23.9. The summed E-state index contributed by atoms with van der Waals surface area (Å²) in [4.78, 5) is 28.9. The number of amides is 2. The largest absolute Gasteiger partial charge is 0.497 e. The molecule has 3 heterocycles. The Balaban J connectivity index is 1.26. The molecule has 1 saturated heterocycles. The molecule has 0 atom stereocenters. The van der Waals surface area contributed by atoms with Crippen molar-refractivity contribution in [3.05, 3.63) is 47.9 Å². The number of benzene rings is 1. The number of aromatic nitrogens is 2. The van der Waals surface area contributed by atoms with Gasteiger partial charge in [0.2, 0.25) is 11.0 Å². The molecule has 34 heavy (non-hydrogen) atoms. The fourth-order valence-corrected chi connectivity index (χ4v) is 5.10. The molecule has 0 unspecified atom stereocenters. The Labute approximate surface area is 205 Å². The summed E-state index contributed by atoms with van der Waals surface area (Å²) in [6, 6.07) is 8.77. The van der Waals surface area contributed by atoms with Crippen LogP contribution < -0.4 is 19.7 Å². The van der Waals surface area contributed by atoms with E-state index in [-0.39, 0.29) is 17.6 Å². The van der Waals surface area contributed by atoms with Gasteiger partial charge in [-0.3, -0.25) is 9.59 Å². The lowest BCUT2D eigenvalue weighted by atomic mass is 10.1. The number of nitrogens with zero attached hydrogens (tertiary/aromatic N) is 4. The number of carbonyl (C=O) groups is 2. The normalized spacial score (nSPS) is 13.6. The van der Waals surface area contributed by atoms with E-state index >= 15 is 0 Å². The maximum absolute atomic E-state index is 13.0. The average Bonchev–Trinajstić information content (AvgIpc) is 3.58. The Morgan fingerprint density at radius 3 is 2.50 bits per heavy atom. The van der Waals surface area contributed by atoms with Gasteiger partial charge >= 0.3 is 0 Å². The first-order valence-electron chi connectivity index (χ1n) is 10.6. The molecular weight excluding hydrogens is 478 g/mol. The van der Waals surface area contributed by atoms with Crippen molar-refractivity contribution in [2.24, 2.45) is 0 Å². The first-order valence-corrected chi connectivity index (χ1v) is 12.4. The SMILES string of the molecule is COc1cc(OC)cc(C(=O)N2CCN(c3nnc(SCC(=O)NCc4ccco4)s3)CC2)c1. The number of rotatable bonds is 9. The number of hydrogen-bond acceptors (Lipinski definition) is 10. The van der Waals surface area contributed by atoms with E-state index in [2.05, 4.69) is 20.4 Å². The third kappa shape index (κ3) is 6.00. The third-order valence-electron chi connectivity index (χ3n) is 5.20. The molecular formula is C22H25N5O5S2. The highest BCUT2D eigenvalue weighted by molar-refractivity contribution is 8.01. The van der Waals surface area contributed by atoms with Gasteiger partial charge in [0.25, 0.3) is 5.91 Å². The van der Waals surface area contributed by atoms with Crippen LogP contribution in [0, 0.1) is 0 Å². The molecule has 0 saturated carbocycles.